The van der Waals surface area contributed by atoms with Gasteiger partial charge >= 0.3 is 0 Å². The Morgan fingerprint density at radius 3 is 2.06 bits per heavy atom. The zero-order valence-electron chi connectivity index (χ0n) is 44.7. The molecule has 2 N–H and O–H groups in total. The van der Waals surface area contributed by atoms with Crippen molar-refractivity contribution in [2.24, 2.45) is 29.1 Å². The number of Topliss-reactive ketones (excluding diaryl/α,β-unsaturated/α-hetero) is 1. The van der Waals surface area contributed by atoms with Gasteiger partial charge in [-0.15, -0.1) is 0 Å². The first-order chi connectivity index (χ1) is 31.4. The van der Waals surface area contributed by atoms with E-state index in [0.29, 0.717) is 23.7 Å². The molecule has 0 spiro atoms. The summed E-state index contributed by atoms with van der Waals surface area (Å²) in [6.45, 7) is 35.0. The van der Waals surface area contributed by atoms with Gasteiger partial charge in [0.2, 0.25) is 5.91 Å². The van der Waals surface area contributed by atoms with Gasteiger partial charge in [0.05, 0.1) is 17.4 Å². The largest absolute Gasteiger partial charge is 0.346 e. The predicted molar refractivity (Wildman–Crippen MR) is 282 cm³/mol. The highest BCUT2D eigenvalue weighted by atomic mass is 19.1. The molecular formula is C58H93FN4O3. The Kier molecular flexibility index (Phi) is 28.1. The lowest BCUT2D eigenvalue weighted by Crippen LogP contribution is -2.41. The van der Waals surface area contributed by atoms with Gasteiger partial charge in [0.25, 0.3) is 0 Å². The Bertz CT molecular complexity index is 2030. The number of pyridine rings is 1. The molecule has 7 nitrogen and oxygen atoms in total. The molecule has 4 aromatic rings. The van der Waals surface area contributed by atoms with E-state index in [0.717, 1.165) is 66.8 Å². The van der Waals surface area contributed by atoms with E-state index in [1.165, 1.54) is 60.0 Å². The second kappa shape index (κ2) is 31.0. The van der Waals surface area contributed by atoms with Gasteiger partial charge in [0.15, 0.2) is 0 Å². The number of nitrogens with zero attached hydrogens (tertiary/aromatic N) is 2. The fraction of sp³-hybridized carbons (Fsp3) is 0.621. The fourth-order valence-electron chi connectivity index (χ4n) is 7.72. The number of hydrogen-bond acceptors (Lipinski definition) is 5. The number of alkyl halides is 1. The molecule has 1 fully saturated rings. The highest BCUT2D eigenvalue weighted by molar-refractivity contribution is 5.95. The lowest BCUT2D eigenvalue weighted by molar-refractivity contribution is -0.128. The monoisotopic (exact) mass is 913 g/mol. The summed E-state index contributed by atoms with van der Waals surface area (Å²) < 4.78 is 16.6. The molecule has 370 valence electrons. The maximum Gasteiger partial charge on any atom is 0.223 e. The number of carbonyl (C=O) groups excluding carboxylic acids is 3. The first kappa shape index (κ1) is 59.8. The van der Waals surface area contributed by atoms with Crippen molar-refractivity contribution in [2.75, 3.05) is 13.6 Å². The van der Waals surface area contributed by atoms with Crippen molar-refractivity contribution >= 4 is 28.9 Å². The van der Waals surface area contributed by atoms with Crippen molar-refractivity contribution < 1.29 is 18.8 Å². The molecule has 3 unspecified atom stereocenters. The molecular weight excluding hydrogens is 820 g/mol. The number of nitrogens with one attached hydrogen (secondary N) is 2. The number of aromatic nitrogens is 2. The summed E-state index contributed by atoms with van der Waals surface area (Å²) in [6, 6.07) is 15.8. The average Bonchev–Trinajstić information content (AvgIpc) is 4.15. The molecule has 1 saturated carbocycles. The second-order valence-corrected chi connectivity index (χ2v) is 19.2. The Morgan fingerprint density at radius 2 is 1.56 bits per heavy atom. The van der Waals surface area contributed by atoms with Crippen LogP contribution in [0.5, 0.6) is 0 Å². The van der Waals surface area contributed by atoms with Crippen molar-refractivity contribution in [3.63, 3.8) is 0 Å². The molecule has 66 heavy (non-hydrogen) atoms. The molecule has 3 atom stereocenters. The number of halogens is 1. The quantitative estimate of drug-likeness (QED) is 0.0642. The Labute approximate surface area is 402 Å². The number of carbonyl (C=O) groups is 3. The number of amides is 1. The standard InChI is InChI=1S/C40H52FN3O2.C9H21N.C5H8O.2C2H6/c1-10-40(8,9)22-35-34-21-30(14-15-36(34)44(11-2)38(35)33-13-12-16-42-37(33)26(5)6)31-18-28(17-29(19-31)23-41)20-32(24-45)43-39(46)27(7)25(3)4;1-4-9(2)7-5-6-8-10-3;1-4(6)5-2-3-5;2*1-2/h12-19,21,24-27,32H,10-11,20,22-23H2,1-9H3,(H,43,46);9-10H,4-8H2,1-3H3;5H,2-3H2,1H3;2*1-2H3. The van der Waals surface area contributed by atoms with Crippen LogP contribution >= 0.6 is 0 Å². The minimum absolute atomic E-state index is 0.0838. The van der Waals surface area contributed by atoms with Crippen molar-refractivity contribution in [3.8, 4) is 22.4 Å². The molecule has 1 aliphatic carbocycles. The minimum Gasteiger partial charge on any atom is -0.346 e. The number of aryl methyl sites for hydroxylation is 1. The molecule has 0 radical (unpaired) electrons. The van der Waals surface area contributed by atoms with Crippen molar-refractivity contribution in [1.29, 1.82) is 0 Å². The van der Waals surface area contributed by atoms with Crippen LogP contribution in [0.15, 0.2) is 54.7 Å². The molecule has 8 heteroatoms. The van der Waals surface area contributed by atoms with Crippen molar-refractivity contribution in [3.05, 3.63) is 77.1 Å². The van der Waals surface area contributed by atoms with Crippen LogP contribution < -0.4 is 10.6 Å². The van der Waals surface area contributed by atoms with Crippen LogP contribution in [0, 0.1) is 29.1 Å². The number of hydrogen-bond donors (Lipinski definition) is 2. The van der Waals surface area contributed by atoms with Crippen LogP contribution in [-0.2, 0) is 40.4 Å². The molecule has 0 bridgehead atoms. The number of benzene rings is 2. The number of fused-ring (bicyclic) bond motifs is 1. The highest BCUT2D eigenvalue weighted by Gasteiger charge is 2.27. The summed E-state index contributed by atoms with van der Waals surface area (Å²) in [4.78, 5) is 39.8. The summed E-state index contributed by atoms with van der Waals surface area (Å²) in [5.41, 5.74) is 9.32. The zero-order chi connectivity index (χ0) is 50.1. The topological polar surface area (TPSA) is 93.1 Å². The van der Waals surface area contributed by atoms with E-state index in [4.69, 9.17) is 4.98 Å². The van der Waals surface area contributed by atoms with E-state index in [2.05, 4.69) is 94.9 Å². The predicted octanol–water partition coefficient (Wildman–Crippen LogP) is 14.9. The van der Waals surface area contributed by atoms with Crippen molar-refractivity contribution in [2.45, 2.75) is 194 Å². The SMILES string of the molecule is CC.CC.CC(=O)C1CC1.CCC(C)CCCCNC.CCn1c(-c2cccnc2C(C)C)c(CC(C)(C)CC)c2cc(-c3cc(CF)cc(CC(C=O)NC(=O)C(C)C(C)C)c3)ccc21. The summed E-state index contributed by atoms with van der Waals surface area (Å²) in [7, 11) is 2.02. The molecule has 2 heterocycles. The molecule has 1 amide bonds. The Balaban J connectivity index is 0.000000905. The number of rotatable bonds is 21. The third-order valence-corrected chi connectivity index (χ3v) is 12.9. The van der Waals surface area contributed by atoms with E-state index in [-0.39, 0.29) is 29.1 Å². The summed E-state index contributed by atoms with van der Waals surface area (Å²) in [5, 5.41) is 7.24. The van der Waals surface area contributed by atoms with E-state index in [1.54, 1.807) is 13.0 Å². The first-order valence-electron chi connectivity index (χ1n) is 25.7. The molecule has 0 aliphatic heterocycles. The van der Waals surface area contributed by atoms with Gasteiger partial charge in [-0.1, -0.05) is 141 Å². The number of ketones is 1. The van der Waals surface area contributed by atoms with Crippen LogP contribution in [0.3, 0.4) is 0 Å². The highest BCUT2D eigenvalue weighted by Crippen LogP contribution is 2.42. The summed E-state index contributed by atoms with van der Waals surface area (Å²) in [5.74, 6) is 1.84. The zero-order valence-corrected chi connectivity index (χ0v) is 44.7. The van der Waals surface area contributed by atoms with E-state index in [9.17, 15) is 18.8 Å². The first-order valence-corrected chi connectivity index (χ1v) is 25.7. The van der Waals surface area contributed by atoms with Crippen LogP contribution in [0.4, 0.5) is 4.39 Å². The summed E-state index contributed by atoms with van der Waals surface area (Å²) in [6.07, 6.45) is 12.7. The molecule has 0 saturated heterocycles. The van der Waals surface area contributed by atoms with Crippen LogP contribution in [0.2, 0.25) is 0 Å². The van der Waals surface area contributed by atoms with Gasteiger partial charge in [-0.3, -0.25) is 14.6 Å². The molecule has 5 rings (SSSR count). The van der Waals surface area contributed by atoms with Gasteiger partial charge in [0, 0.05) is 41.0 Å². The lowest BCUT2D eigenvalue weighted by atomic mass is 9.81. The maximum absolute atomic E-state index is 14.2. The van der Waals surface area contributed by atoms with Crippen LogP contribution in [0.1, 0.15) is 184 Å². The average molecular weight is 913 g/mol. The van der Waals surface area contributed by atoms with Gasteiger partial charge in [-0.2, -0.15) is 0 Å². The number of unbranched alkanes of at least 4 members (excludes halogenated alkanes) is 1. The lowest BCUT2D eigenvalue weighted by Gasteiger charge is -2.24. The Hall–Kier alpha value is -4.17. The minimum atomic E-state index is -0.683. The van der Waals surface area contributed by atoms with Gasteiger partial charge in [0.1, 0.15) is 18.7 Å². The third kappa shape index (κ3) is 18.8. The van der Waals surface area contributed by atoms with E-state index >= 15 is 0 Å². The van der Waals surface area contributed by atoms with E-state index in [1.807, 2.05) is 79.9 Å². The van der Waals surface area contributed by atoms with Crippen LogP contribution in [0.25, 0.3) is 33.3 Å². The Morgan fingerprint density at radius 1 is 0.909 bits per heavy atom. The van der Waals surface area contributed by atoms with Gasteiger partial charge in [-0.05, 0) is 141 Å². The normalized spacial score (nSPS) is 13.5. The molecule has 2 aromatic heterocycles. The maximum atomic E-state index is 14.2. The van der Waals surface area contributed by atoms with Crippen LogP contribution in [-0.4, -0.2) is 47.2 Å². The number of aldehydes is 1. The smallest absolute Gasteiger partial charge is 0.223 e. The summed E-state index contributed by atoms with van der Waals surface area (Å²) >= 11 is 0. The second-order valence-electron chi connectivity index (χ2n) is 19.2. The van der Waals surface area contributed by atoms with Gasteiger partial charge < -0.3 is 20.0 Å². The molecule has 2 aromatic carbocycles. The fourth-order valence-corrected chi connectivity index (χ4v) is 7.72. The van der Waals surface area contributed by atoms with E-state index < -0.39 is 12.7 Å². The van der Waals surface area contributed by atoms with Crippen molar-refractivity contribution in [1.82, 2.24) is 20.2 Å². The third-order valence-electron chi connectivity index (χ3n) is 12.9. The van der Waals surface area contributed by atoms with Gasteiger partial charge in [-0.25, -0.2) is 4.39 Å². The molecule has 1 aliphatic rings.